The summed E-state index contributed by atoms with van der Waals surface area (Å²) in [4.78, 5) is 0. The van der Waals surface area contributed by atoms with E-state index in [0.29, 0.717) is 0 Å². The zero-order valence-electron chi connectivity index (χ0n) is 12.3. The molecule has 4 nitrogen and oxygen atoms in total. The molecule has 2 rings (SSSR count). The molecule has 1 heterocycles. The van der Waals surface area contributed by atoms with Gasteiger partial charge in [0.05, 0.1) is 23.0 Å². The van der Waals surface area contributed by atoms with Gasteiger partial charge in [-0.25, -0.2) is 0 Å². The third-order valence-electron chi connectivity index (χ3n) is 3.43. The molecule has 108 valence electrons. The molecule has 0 saturated heterocycles. The maximum atomic E-state index is 5.26. The van der Waals surface area contributed by atoms with Gasteiger partial charge in [0, 0.05) is 19.6 Å². The number of halogens is 1. The summed E-state index contributed by atoms with van der Waals surface area (Å²) in [6, 6.07) is 8.37. The minimum Gasteiger partial charge on any atom is -0.497 e. The van der Waals surface area contributed by atoms with Crippen molar-refractivity contribution >= 4 is 15.9 Å². The van der Waals surface area contributed by atoms with Gasteiger partial charge in [-0.3, -0.25) is 4.68 Å². The van der Waals surface area contributed by atoms with Gasteiger partial charge in [-0.1, -0.05) is 12.1 Å². The van der Waals surface area contributed by atoms with Gasteiger partial charge >= 0.3 is 0 Å². The minimum atomic E-state index is 0.243. The largest absolute Gasteiger partial charge is 0.497 e. The molecule has 0 fully saturated rings. The highest BCUT2D eigenvalue weighted by molar-refractivity contribution is 9.10. The van der Waals surface area contributed by atoms with Crippen LogP contribution >= 0.6 is 15.9 Å². The van der Waals surface area contributed by atoms with Crippen molar-refractivity contribution in [2.75, 3.05) is 7.11 Å². The molecule has 0 radical (unpaired) electrons. The van der Waals surface area contributed by atoms with Crippen molar-refractivity contribution in [1.29, 1.82) is 0 Å². The molecule has 0 spiro atoms. The van der Waals surface area contributed by atoms with E-state index >= 15 is 0 Å². The van der Waals surface area contributed by atoms with Crippen molar-refractivity contribution in [1.82, 2.24) is 15.1 Å². The van der Waals surface area contributed by atoms with Crippen LogP contribution < -0.4 is 10.1 Å². The van der Waals surface area contributed by atoms with Crippen LogP contribution in [0.4, 0.5) is 0 Å². The number of rotatable bonds is 5. The Morgan fingerprint density at radius 1 is 1.45 bits per heavy atom. The van der Waals surface area contributed by atoms with Crippen LogP contribution in [0.2, 0.25) is 0 Å². The van der Waals surface area contributed by atoms with Gasteiger partial charge in [0.1, 0.15) is 5.75 Å². The molecule has 5 heteroatoms. The predicted octanol–water partition coefficient (Wildman–Crippen LogP) is 3.35. The van der Waals surface area contributed by atoms with Gasteiger partial charge in [-0.05, 0) is 47.5 Å². The zero-order chi connectivity index (χ0) is 14.7. The summed E-state index contributed by atoms with van der Waals surface area (Å²) in [5.74, 6) is 0.883. The lowest BCUT2D eigenvalue weighted by Crippen LogP contribution is -2.20. The topological polar surface area (TPSA) is 39.1 Å². The number of nitrogens with zero attached hydrogens (tertiary/aromatic N) is 2. The molecule has 0 aliphatic carbocycles. The first kappa shape index (κ1) is 15.1. The maximum absolute atomic E-state index is 5.26. The second kappa shape index (κ2) is 6.41. The Labute approximate surface area is 128 Å². The first-order chi connectivity index (χ1) is 9.52. The van der Waals surface area contributed by atoms with Crippen molar-refractivity contribution in [3.05, 3.63) is 45.7 Å². The van der Waals surface area contributed by atoms with Crippen molar-refractivity contribution in [3.8, 4) is 5.75 Å². The van der Waals surface area contributed by atoms with Crippen molar-refractivity contribution in [2.45, 2.75) is 26.4 Å². The molecular formula is C15H20BrN3O. The Kier molecular flexibility index (Phi) is 4.83. The summed E-state index contributed by atoms with van der Waals surface area (Å²) >= 11 is 3.59. The van der Waals surface area contributed by atoms with Gasteiger partial charge in [-0.15, -0.1) is 0 Å². The third-order valence-corrected chi connectivity index (χ3v) is 4.46. The van der Waals surface area contributed by atoms with Crippen LogP contribution in [-0.2, 0) is 13.6 Å². The van der Waals surface area contributed by atoms with Gasteiger partial charge in [0.15, 0.2) is 0 Å². The predicted molar refractivity (Wildman–Crippen MR) is 83.9 cm³/mol. The fourth-order valence-corrected chi connectivity index (χ4v) is 2.63. The summed E-state index contributed by atoms with van der Waals surface area (Å²) in [6.45, 7) is 4.90. The normalized spacial score (nSPS) is 12.4. The molecule has 1 N–H and O–H groups in total. The summed E-state index contributed by atoms with van der Waals surface area (Å²) < 4.78 is 8.24. The fraction of sp³-hybridized carbons (Fsp3) is 0.400. The van der Waals surface area contributed by atoms with Gasteiger partial charge in [0.2, 0.25) is 0 Å². The Morgan fingerprint density at radius 2 is 2.20 bits per heavy atom. The molecule has 0 saturated carbocycles. The summed E-state index contributed by atoms with van der Waals surface area (Å²) in [7, 11) is 3.65. The quantitative estimate of drug-likeness (QED) is 0.909. The van der Waals surface area contributed by atoms with E-state index < -0.39 is 0 Å². The van der Waals surface area contributed by atoms with E-state index in [1.807, 2.05) is 30.8 Å². The lowest BCUT2D eigenvalue weighted by Gasteiger charge is -2.15. The van der Waals surface area contributed by atoms with Crippen LogP contribution in [0.25, 0.3) is 0 Å². The van der Waals surface area contributed by atoms with Crippen LogP contribution in [0.5, 0.6) is 5.75 Å². The molecule has 1 aromatic carbocycles. The first-order valence-corrected chi connectivity index (χ1v) is 7.37. The van der Waals surface area contributed by atoms with E-state index in [2.05, 4.69) is 45.4 Å². The van der Waals surface area contributed by atoms with Crippen LogP contribution in [-0.4, -0.2) is 16.9 Å². The lowest BCUT2D eigenvalue weighted by atomic mass is 10.1. The minimum absolute atomic E-state index is 0.243. The van der Waals surface area contributed by atoms with Gasteiger partial charge in [-0.2, -0.15) is 5.10 Å². The number of benzene rings is 1. The number of ether oxygens (including phenoxy) is 1. The molecule has 1 atom stereocenters. The van der Waals surface area contributed by atoms with Crippen LogP contribution in [0.15, 0.2) is 28.7 Å². The van der Waals surface area contributed by atoms with Crippen LogP contribution in [0, 0.1) is 6.92 Å². The number of aryl methyl sites for hydroxylation is 2. The van der Waals surface area contributed by atoms with Crippen molar-refractivity contribution in [3.63, 3.8) is 0 Å². The monoisotopic (exact) mass is 337 g/mol. The molecule has 0 bridgehead atoms. The molecule has 1 aromatic heterocycles. The van der Waals surface area contributed by atoms with E-state index in [9.17, 15) is 0 Å². The highest BCUT2D eigenvalue weighted by Gasteiger charge is 2.12. The van der Waals surface area contributed by atoms with E-state index in [4.69, 9.17) is 4.74 Å². The molecule has 2 aromatic rings. The number of hydrogen-bond donors (Lipinski definition) is 1. The Hall–Kier alpha value is -1.33. The Morgan fingerprint density at radius 3 is 2.80 bits per heavy atom. The molecule has 0 amide bonds. The first-order valence-electron chi connectivity index (χ1n) is 6.58. The van der Waals surface area contributed by atoms with E-state index in [-0.39, 0.29) is 6.04 Å². The van der Waals surface area contributed by atoms with E-state index in [1.165, 1.54) is 5.56 Å². The molecular weight excluding hydrogens is 318 g/mol. The number of methoxy groups -OCH3 is 1. The second-order valence-corrected chi connectivity index (χ2v) is 5.64. The Balaban J connectivity index is 2.06. The summed E-state index contributed by atoms with van der Waals surface area (Å²) in [5.41, 5.74) is 3.37. The fourth-order valence-electron chi connectivity index (χ4n) is 2.15. The maximum Gasteiger partial charge on any atom is 0.119 e. The molecule has 0 unspecified atom stereocenters. The summed E-state index contributed by atoms with van der Waals surface area (Å²) in [5, 5.41) is 7.91. The lowest BCUT2D eigenvalue weighted by molar-refractivity contribution is 0.413. The Bertz CT molecular complexity index is 595. The van der Waals surface area contributed by atoms with E-state index in [0.717, 1.165) is 28.2 Å². The second-order valence-electron chi connectivity index (χ2n) is 4.85. The van der Waals surface area contributed by atoms with Crippen LogP contribution in [0.1, 0.15) is 29.9 Å². The van der Waals surface area contributed by atoms with Gasteiger partial charge < -0.3 is 10.1 Å². The molecule has 0 aliphatic heterocycles. The SMILES string of the molecule is COc1cccc([C@@H](C)NCc2c(Br)c(C)nn2C)c1. The van der Waals surface area contributed by atoms with Gasteiger partial charge in [0.25, 0.3) is 0 Å². The van der Waals surface area contributed by atoms with Crippen molar-refractivity contribution in [2.24, 2.45) is 7.05 Å². The average Bonchev–Trinajstić information content (AvgIpc) is 2.70. The number of aromatic nitrogens is 2. The van der Waals surface area contributed by atoms with E-state index in [1.54, 1.807) is 7.11 Å². The summed E-state index contributed by atoms with van der Waals surface area (Å²) in [6.07, 6.45) is 0. The van der Waals surface area contributed by atoms with Crippen LogP contribution in [0.3, 0.4) is 0 Å². The highest BCUT2D eigenvalue weighted by atomic mass is 79.9. The smallest absolute Gasteiger partial charge is 0.119 e. The molecule has 0 aliphatic rings. The molecule has 20 heavy (non-hydrogen) atoms. The number of hydrogen-bond acceptors (Lipinski definition) is 3. The average molecular weight is 338 g/mol. The third kappa shape index (κ3) is 3.22. The standard InChI is InChI=1S/C15H20BrN3O/c1-10(12-6-5-7-13(8-12)20-4)17-9-14-15(16)11(2)18-19(14)3/h5-8,10,17H,9H2,1-4H3/t10-/m1/s1. The van der Waals surface area contributed by atoms with Crippen molar-refractivity contribution < 1.29 is 4.74 Å². The highest BCUT2D eigenvalue weighted by Crippen LogP contribution is 2.22. The zero-order valence-corrected chi connectivity index (χ0v) is 13.9. The number of nitrogens with one attached hydrogen (secondary N) is 1.